The summed E-state index contributed by atoms with van der Waals surface area (Å²) in [6, 6.07) is 16.6. The minimum atomic E-state index is -0.343. The summed E-state index contributed by atoms with van der Waals surface area (Å²) in [5, 5.41) is 7.12. The fourth-order valence-corrected chi connectivity index (χ4v) is 3.33. The number of amides is 1. The van der Waals surface area contributed by atoms with E-state index in [-0.39, 0.29) is 17.2 Å². The molecule has 0 unspecified atom stereocenters. The molecule has 2 aromatic carbocycles. The number of fused-ring (bicyclic) bond motifs is 1. The Labute approximate surface area is 178 Å². The largest absolute Gasteiger partial charge is 0.493 e. The van der Waals surface area contributed by atoms with E-state index in [1.54, 1.807) is 20.4 Å². The predicted molar refractivity (Wildman–Crippen MR) is 117 cm³/mol. The number of aromatic amines is 1. The first-order chi connectivity index (χ1) is 15.1. The molecule has 2 aromatic heterocycles. The summed E-state index contributed by atoms with van der Waals surface area (Å²) in [4.78, 5) is 27.8. The molecular formula is C23H22N4O4. The van der Waals surface area contributed by atoms with Crippen LogP contribution in [-0.4, -0.2) is 41.3 Å². The fraction of sp³-hybridized carbons (Fsp3) is 0.174. The molecule has 0 aliphatic heterocycles. The first-order valence-electron chi connectivity index (χ1n) is 9.76. The standard InChI is InChI=1S/C23H22N4O4/c1-30-20-9-8-15(12-21(20)31-2)10-11-24-22(28)17-13-19-23(29)25-18(14-27(19)26-17)16-6-4-3-5-7-16/h3-9,12-14H,10-11H2,1-2H3,(H,24,28)(H,25,29). The molecule has 31 heavy (non-hydrogen) atoms. The normalized spacial score (nSPS) is 10.8. The van der Waals surface area contributed by atoms with Crippen molar-refractivity contribution in [3.63, 3.8) is 0 Å². The molecule has 0 bridgehead atoms. The molecule has 0 aliphatic rings. The van der Waals surface area contributed by atoms with E-state index < -0.39 is 0 Å². The number of carbonyl (C=O) groups is 1. The summed E-state index contributed by atoms with van der Waals surface area (Å²) >= 11 is 0. The Hall–Kier alpha value is -4.07. The molecule has 8 heteroatoms. The summed E-state index contributed by atoms with van der Waals surface area (Å²) < 4.78 is 12.0. The van der Waals surface area contributed by atoms with Crippen molar-refractivity contribution in [2.24, 2.45) is 0 Å². The molecule has 8 nitrogen and oxygen atoms in total. The summed E-state index contributed by atoms with van der Waals surface area (Å²) in [6.07, 6.45) is 2.31. The minimum absolute atomic E-state index is 0.183. The Balaban J connectivity index is 1.47. The van der Waals surface area contributed by atoms with Crippen LogP contribution in [-0.2, 0) is 6.42 Å². The van der Waals surface area contributed by atoms with Gasteiger partial charge in [0.2, 0.25) is 0 Å². The van der Waals surface area contributed by atoms with Crippen LogP contribution in [0, 0.1) is 0 Å². The van der Waals surface area contributed by atoms with E-state index in [9.17, 15) is 9.59 Å². The number of nitrogens with one attached hydrogen (secondary N) is 2. The quantitative estimate of drug-likeness (QED) is 0.481. The number of methoxy groups -OCH3 is 2. The Morgan fingerprint density at radius 2 is 1.84 bits per heavy atom. The SMILES string of the molecule is COc1ccc(CCNC(=O)c2cc3c(=O)[nH]c(-c4ccccc4)cn3n2)cc1OC. The van der Waals surface area contributed by atoms with E-state index in [0.29, 0.717) is 35.7 Å². The smallest absolute Gasteiger partial charge is 0.274 e. The zero-order valence-corrected chi connectivity index (χ0v) is 17.2. The average molecular weight is 418 g/mol. The molecule has 4 rings (SSSR count). The van der Waals surface area contributed by atoms with Gasteiger partial charge in [0, 0.05) is 12.6 Å². The molecule has 0 radical (unpaired) electrons. The minimum Gasteiger partial charge on any atom is -0.493 e. The van der Waals surface area contributed by atoms with Crippen molar-refractivity contribution in [2.45, 2.75) is 6.42 Å². The third-order valence-electron chi connectivity index (χ3n) is 4.93. The van der Waals surface area contributed by atoms with Crippen LogP contribution in [0.15, 0.2) is 65.6 Å². The van der Waals surface area contributed by atoms with Gasteiger partial charge in [-0.1, -0.05) is 36.4 Å². The molecule has 158 valence electrons. The maximum Gasteiger partial charge on any atom is 0.274 e. The van der Waals surface area contributed by atoms with Crippen molar-refractivity contribution in [1.82, 2.24) is 19.9 Å². The lowest BCUT2D eigenvalue weighted by Gasteiger charge is -2.09. The molecule has 0 saturated heterocycles. The zero-order valence-electron chi connectivity index (χ0n) is 17.2. The zero-order chi connectivity index (χ0) is 21.8. The Bertz CT molecular complexity index is 1280. The van der Waals surface area contributed by atoms with Crippen molar-refractivity contribution in [1.29, 1.82) is 0 Å². The van der Waals surface area contributed by atoms with E-state index in [2.05, 4.69) is 15.4 Å². The summed E-state index contributed by atoms with van der Waals surface area (Å²) in [5.74, 6) is 0.949. The molecule has 2 N–H and O–H groups in total. The number of benzene rings is 2. The lowest BCUT2D eigenvalue weighted by Crippen LogP contribution is -2.26. The molecule has 0 spiro atoms. The lowest BCUT2D eigenvalue weighted by molar-refractivity contribution is 0.0949. The predicted octanol–water partition coefficient (Wildman–Crippen LogP) is 2.68. The number of aromatic nitrogens is 3. The maximum atomic E-state index is 12.6. The number of rotatable bonds is 7. The fourth-order valence-electron chi connectivity index (χ4n) is 3.33. The van der Waals surface area contributed by atoms with Crippen LogP contribution < -0.4 is 20.3 Å². The highest BCUT2D eigenvalue weighted by molar-refractivity contribution is 5.93. The Kier molecular flexibility index (Phi) is 5.70. The Morgan fingerprint density at radius 1 is 1.06 bits per heavy atom. The van der Waals surface area contributed by atoms with Crippen LogP contribution in [0.4, 0.5) is 0 Å². The van der Waals surface area contributed by atoms with Gasteiger partial charge in [-0.2, -0.15) is 5.10 Å². The molecule has 0 saturated carbocycles. The Morgan fingerprint density at radius 3 is 2.58 bits per heavy atom. The molecule has 0 fully saturated rings. The lowest BCUT2D eigenvalue weighted by atomic mass is 10.1. The highest BCUT2D eigenvalue weighted by atomic mass is 16.5. The highest BCUT2D eigenvalue weighted by Gasteiger charge is 2.14. The second kappa shape index (κ2) is 8.74. The number of carbonyl (C=O) groups excluding carboxylic acids is 1. The van der Waals surface area contributed by atoms with Gasteiger partial charge >= 0.3 is 0 Å². The van der Waals surface area contributed by atoms with Crippen molar-refractivity contribution >= 4 is 11.4 Å². The van der Waals surface area contributed by atoms with Gasteiger partial charge in [-0.15, -0.1) is 0 Å². The third kappa shape index (κ3) is 4.28. The van der Waals surface area contributed by atoms with Crippen LogP contribution in [0.1, 0.15) is 16.1 Å². The van der Waals surface area contributed by atoms with Crippen LogP contribution in [0.3, 0.4) is 0 Å². The van der Waals surface area contributed by atoms with Gasteiger partial charge in [-0.05, 0) is 29.7 Å². The van der Waals surface area contributed by atoms with E-state index >= 15 is 0 Å². The molecule has 0 aliphatic carbocycles. The number of H-pyrrole nitrogens is 1. The average Bonchev–Trinajstić information content (AvgIpc) is 3.24. The number of nitrogens with zero attached hydrogens (tertiary/aromatic N) is 2. The van der Waals surface area contributed by atoms with Crippen LogP contribution in [0.5, 0.6) is 11.5 Å². The van der Waals surface area contributed by atoms with E-state index in [0.717, 1.165) is 11.1 Å². The number of hydrogen-bond donors (Lipinski definition) is 2. The molecule has 2 heterocycles. The third-order valence-corrected chi connectivity index (χ3v) is 4.93. The van der Waals surface area contributed by atoms with E-state index in [4.69, 9.17) is 9.47 Å². The maximum absolute atomic E-state index is 12.6. The van der Waals surface area contributed by atoms with Crippen molar-refractivity contribution in [3.8, 4) is 22.8 Å². The van der Waals surface area contributed by atoms with Crippen molar-refractivity contribution in [3.05, 3.63) is 82.4 Å². The summed E-state index contributed by atoms with van der Waals surface area (Å²) in [5.41, 5.74) is 2.67. The van der Waals surface area contributed by atoms with Gasteiger partial charge in [0.15, 0.2) is 17.2 Å². The second-order valence-electron chi connectivity index (χ2n) is 6.92. The van der Waals surface area contributed by atoms with Gasteiger partial charge < -0.3 is 19.8 Å². The first-order valence-corrected chi connectivity index (χ1v) is 9.76. The van der Waals surface area contributed by atoms with E-state index in [1.807, 2.05) is 48.5 Å². The van der Waals surface area contributed by atoms with Gasteiger partial charge in [0.25, 0.3) is 11.5 Å². The topological polar surface area (TPSA) is 97.7 Å². The molecular weight excluding hydrogens is 396 g/mol. The summed E-state index contributed by atoms with van der Waals surface area (Å²) in [7, 11) is 3.16. The second-order valence-corrected chi connectivity index (χ2v) is 6.92. The van der Waals surface area contributed by atoms with Gasteiger partial charge in [0.05, 0.1) is 26.1 Å². The van der Waals surface area contributed by atoms with Crippen LogP contribution >= 0.6 is 0 Å². The van der Waals surface area contributed by atoms with Gasteiger partial charge in [0.1, 0.15) is 5.52 Å². The number of hydrogen-bond acceptors (Lipinski definition) is 5. The van der Waals surface area contributed by atoms with E-state index in [1.165, 1.54) is 10.6 Å². The van der Waals surface area contributed by atoms with Crippen LogP contribution in [0.25, 0.3) is 16.8 Å². The van der Waals surface area contributed by atoms with Crippen LogP contribution in [0.2, 0.25) is 0 Å². The molecule has 0 atom stereocenters. The first kappa shape index (κ1) is 20.2. The van der Waals surface area contributed by atoms with Crippen molar-refractivity contribution in [2.75, 3.05) is 20.8 Å². The molecule has 1 amide bonds. The molecule has 4 aromatic rings. The highest BCUT2D eigenvalue weighted by Crippen LogP contribution is 2.27. The summed E-state index contributed by atoms with van der Waals surface area (Å²) in [6.45, 7) is 0.411. The monoisotopic (exact) mass is 418 g/mol. The van der Waals surface area contributed by atoms with Gasteiger partial charge in [-0.3, -0.25) is 9.59 Å². The van der Waals surface area contributed by atoms with Gasteiger partial charge in [-0.25, -0.2) is 4.52 Å². The number of ether oxygens (including phenoxy) is 2. The van der Waals surface area contributed by atoms with Crippen molar-refractivity contribution < 1.29 is 14.3 Å².